The van der Waals surface area contributed by atoms with E-state index in [2.05, 4.69) is 4.99 Å². The van der Waals surface area contributed by atoms with Crippen molar-refractivity contribution in [2.24, 2.45) is 16.6 Å². The van der Waals surface area contributed by atoms with Gasteiger partial charge in [0.2, 0.25) is 5.91 Å². The van der Waals surface area contributed by atoms with Gasteiger partial charge in [-0.05, 0) is 12.6 Å². The van der Waals surface area contributed by atoms with E-state index in [-0.39, 0.29) is 11.8 Å². The van der Waals surface area contributed by atoms with Crippen LogP contribution in [0.15, 0.2) is 4.99 Å². The summed E-state index contributed by atoms with van der Waals surface area (Å²) < 4.78 is 0. The van der Waals surface area contributed by atoms with Crippen molar-refractivity contribution in [1.29, 1.82) is 0 Å². The predicted octanol–water partition coefficient (Wildman–Crippen LogP) is 0.199. The van der Waals surface area contributed by atoms with Crippen LogP contribution in [0, 0.1) is 5.92 Å². The van der Waals surface area contributed by atoms with Crippen molar-refractivity contribution in [3.05, 3.63) is 0 Å². The van der Waals surface area contributed by atoms with Crippen molar-refractivity contribution in [3.8, 4) is 0 Å². The first kappa shape index (κ1) is 8.14. The molecule has 0 aromatic rings. The van der Waals surface area contributed by atoms with Gasteiger partial charge in [0.1, 0.15) is 0 Å². The molecule has 0 aromatic heterocycles. The van der Waals surface area contributed by atoms with Gasteiger partial charge in [-0.15, -0.1) is 0 Å². The van der Waals surface area contributed by atoms with Crippen molar-refractivity contribution in [1.82, 2.24) is 0 Å². The Morgan fingerprint density at radius 3 is 2.78 bits per heavy atom. The lowest BCUT2D eigenvalue weighted by Gasteiger charge is -1.99. The summed E-state index contributed by atoms with van der Waals surface area (Å²) >= 11 is 0. The zero-order valence-corrected chi connectivity index (χ0v) is 5.79. The summed E-state index contributed by atoms with van der Waals surface area (Å²) in [5, 5.41) is 0. The molecule has 0 saturated carbocycles. The summed E-state index contributed by atoms with van der Waals surface area (Å²) in [6.07, 6.45) is 2.33. The average molecular weight is 128 g/mol. The standard InChI is InChI=1S/C6H12N2O/c1-5(6(7)9)3-4-8-2/h4-5H,3H2,1-2H3,(H2,7,9). The minimum absolute atomic E-state index is 0.0892. The Morgan fingerprint density at radius 2 is 2.44 bits per heavy atom. The summed E-state index contributed by atoms with van der Waals surface area (Å²) in [5.41, 5.74) is 4.98. The van der Waals surface area contributed by atoms with Gasteiger partial charge >= 0.3 is 0 Å². The topological polar surface area (TPSA) is 55.4 Å². The molecular formula is C6H12N2O. The van der Waals surface area contributed by atoms with E-state index in [1.54, 1.807) is 20.2 Å². The fourth-order valence-corrected chi connectivity index (χ4v) is 0.380. The predicted molar refractivity (Wildman–Crippen MR) is 37.4 cm³/mol. The third-order valence-electron chi connectivity index (χ3n) is 1.13. The van der Waals surface area contributed by atoms with Crippen LogP contribution in [-0.4, -0.2) is 19.2 Å². The maximum Gasteiger partial charge on any atom is 0.220 e. The van der Waals surface area contributed by atoms with Crippen LogP contribution in [-0.2, 0) is 4.79 Å². The van der Waals surface area contributed by atoms with Crippen molar-refractivity contribution in [2.75, 3.05) is 7.05 Å². The number of nitrogens with two attached hydrogens (primary N) is 1. The lowest BCUT2D eigenvalue weighted by atomic mass is 10.1. The van der Waals surface area contributed by atoms with Gasteiger partial charge in [-0.3, -0.25) is 4.79 Å². The Labute approximate surface area is 55.0 Å². The van der Waals surface area contributed by atoms with Gasteiger partial charge in [-0.2, -0.15) is 0 Å². The van der Waals surface area contributed by atoms with Crippen LogP contribution in [0.1, 0.15) is 13.3 Å². The van der Waals surface area contributed by atoms with Crippen LogP contribution < -0.4 is 5.73 Å². The molecule has 0 fully saturated rings. The third-order valence-corrected chi connectivity index (χ3v) is 1.13. The molecule has 1 atom stereocenters. The van der Waals surface area contributed by atoms with Gasteiger partial charge in [-0.1, -0.05) is 6.92 Å². The number of nitrogens with zero attached hydrogens (tertiary/aromatic N) is 1. The minimum Gasteiger partial charge on any atom is -0.369 e. The highest BCUT2D eigenvalue weighted by atomic mass is 16.1. The average Bonchev–Trinajstić information content (AvgIpc) is 1.82. The maximum absolute atomic E-state index is 10.4. The molecule has 1 amide bonds. The lowest BCUT2D eigenvalue weighted by Crippen LogP contribution is -2.20. The van der Waals surface area contributed by atoms with Crippen molar-refractivity contribution in [3.63, 3.8) is 0 Å². The highest BCUT2D eigenvalue weighted by Crippen LogP contribution is 1.95. The summed E-state index contributed by atoms with van der Waals surface area (Å²) in [6, 6.07) is 0. The van der Waals surface area contributed by atoms with E-state index in [1.165, 1.54) is 0 Å². The second kappa shape index (κ2) is 4.06. The Balaban J connectivity index is 3.50. The highest BCUT2D eigenvalue weighted by Gasteiger charge is 2.04. The maximum atomic E-state index is 10.4. The number of amides is 1. The smallest absolute Gasteiger partial charge is 0.220 e. The first-order valence-electron chi connectivity index (χ1n) is 2.88. The van der Waals surface area contributed by atoms with Gasteiger partial charge < -0.3 is 10.7 Å². The van der Waals surface area contributed by atoms with E-state index in [1.807, 2.05) is 0 Å². The van der Waals surface area contributed by atoms with Crippen LogP contribution in [0.2, 0.25) is 0 Å². The van der Waals surface area contributed by atoms with Crippen LogP contribution in [0.4, 0.5) is 0 Å². The largest absolute Gasteiger partial charge is 0.369 e. The normalized spacial score (nSPS) is 14.0. The summed E-state index contributed by atoms with van der Waals surface area (Å²) in [4.78, 5) is 14.1. The van der Waals surface area contributed by atoms with Crippen molar-refractivity contribution >= 4 is 12.1 Å². The first-order chi connectivity index (χ1) is 4.18. The molecule has 0 heterocycles. The number of rotatable bonds is 3. The minimum atomic E-state index is -0.269. The molecule has 0 aliphatic carbocycles. The summed E-state index contributed by atoms with van der Waals surface area (Å²) in [5.74, 6) is -0.358. The number of hydrogen-bond acceptors (Lipinski definition) is 2. The molecule has 52 valence electrons. The van der Waals surface area contributed by atoms with E-state index in [0.717, 1.165) is 0 Å². The number of primary amides is 1. The second-order valence-electron chi connectivity index (χ2n) is 1.98. The van der Waals surface area contributed by atoms with Crippen LogP contribution in [0.3, 0.4) is 0 Å². The van der Waals surface area contributed by atoms with Gasteiger partial charge in [0.15, 0.2) is 0 Å². The fraction of sp³-hybridized carbons (Fsp3) is 0.667. The Bertz CT molecular complexity index is 120. The van der Waals surface area contributed by atoms with Crippen molar-refractivity contribution in [2.45, 2.75) is 13.3 Å². The van der Waals surface area contributed by atoms with E-state index >= 15 is 0 Å². The molecule has 0 bridgehead atoms. The molecule has 0 radical (unpaired) electrons. The van der Waals surface area contributed by atoms with E-state index < -0.39 is 0 Å². The van der Waals surface area contributed by atoms with Gasteiger partial charge in [0.05, 0.1) is 0 Å². The molecule has 0 aliphatic rings. The molecular weight excluding hydrogens is 116 g/mol. The number of hydrogen-bond donors (Lipinski definition) is 1. The highest BCUT2D eigenvalue weighted by molar-refractivity contribution is 5.79. The number of aliphatic imine (C=N–C) groups is 1. The molecule has 9 heavy (non-hydrogen) atoms. The second-order valence-corrected chi connectivity index (χ2v) is 1.98. The molecule has 3 heteroatoms. The Morgan fingerprint density at radius 1 is 1.89 bits per heavy atom. The molecule has 0 rings (SSSR count). The lowest BCUT2D eigenvalue weighted by molar-refractivity contribution is -0.121. The van der Waals surface area contributed by atoms with Gasteiger partial charge in [0, 0.05) is 13.0 Å². The van der Waals surface area contributed by atoms with Crippen LogP contribution in [0.5, 0.6) is 0 Å². The molecule has 0 aliphatic heterocycles. The van der Waals surface area contributed by atoms with Crippen LogP contribution >= 0.6 is 0 Å². The number of carbonyl (C=O) groups excluding carboxylic acids is 1. The van der Waals surface area contributed by atoms with E-state index in [0.29, 0.717) is 6.42 Å². The van der Waals surface area contributed by atoms with Gasteiger partial charge in [-0.25, -0.2) is 0 Å². The Kier molecular flexibility index (Phi) is 3.67. The molecule has 2 N–H and O–H groups in total. The number of carbonyl (C=O) groups is 1. The fourth-order valence-electron chi connectivity index (χ4n) is 0.380. The third kappa shape index (κ3) is 3.70. The SMILES string of the molecule is CN=CCC(C)C(N)=O. The van der Waals surface area contributed by atoms with Crippen molar-refractivity contribution < 1.29 is 4.79 Å². The van der Waals surface area contributed by atoms with Crippen LogP contribution in [0.25, 0.3) is 0 Å². The monoisotopic (exact) mass is 128 g/mol. The first-order valence-corrected chi connectivity index (χ1v) is 2.88. The zero-order chi connectivity index (χ0) is 7.28. The summed E-state index contributed by atoms with van der Waals surface area (Å²) in [6.45, 7) is 1.78. The molecule has 3 nitrogen and oxygen atoms in total. The molecule has 0 saturated heterocycles. The molecule has 1 unspecified atom stereocenters. The van der Waals surface area contributed by atoms with E-state index in [4.69, 9.17) is 5.73 Å². The Hall–Kier alpha value is -0.860. The van der Waals surface area contributed by atoms with Gasteiger partial charge in [0.25, 0.3) is 0 Å². The molecule has 0 aromatic carbocycles. The zero-order valence-electron chi connectivity index (χ0n) is 5.79. The molecule has 0 spiro atoms. The quantitative estimate of drug-likeness (QED) is 0.542. The summed E-state index contributed by atoms with van der Waals surface area (Å²) in [7, 11) is 1.67. The van der Waals surface area contributed by atoms with E-state index in [9.17, 15) is 4.79 Å².